The average molecular weight is 527 g/mol. The van der Waals surface area contributed by atoms with Crippen molar-refractivity contribution < 1.29 is 17.1 Å². The lowest BCUT2D eigenvalue weighted by Crippen LogP contribution is -2.44. The number of ether oxygens (including phenoxy) is 2. The van der Waals surface area contributed by atoms with E-state index in [-0.39, 0.29) is 14.8 Å². The molecule has 3 atom stereocenters. The van der Waals surface area contributed by atoms with Crippen molar-refractivity contribution in [3.05, 3.63) is 53.2 Å². The molecule has 1 saturated carbocycles. The molecular formula is C27H38N6O3S. The van der Waals surface area contributed by atoms with Crippen molar-refractivity contribution in [2.75, 3.05) is 26.3 Å². The lowest BCUT2D eigenvalue weighted by atomic mass is 10.1. The van der Waals surface area contributed by atoms with Gasteiger partial charge in [-0.05, 0) is 43.9 Å². The van der Waals surface area contributed by atoms with Gasteiger partial charge in [0, 0.05) is 34.4 Å². The molecule has 2 unspecified atom stereocenters. The van der Waals surface area contributed by atoms with E-state index in [4.69, 9.17) is 9.47 Å². The van der Waals surface area contributed by atoms with Crippen molar-refractivity contribution in [1.82, 2.24) is 30.2 Å². The van der Waals surface area contributed by atoms with Gasteiger partial charge in [-0.3, -0.25) is 19.7 Å². The van der Waals surface area contributed by atoms with E-state index in [1.54, 1.807) is 24.8 Å². The summed E-state index contributed by atoms with van der Waals surface area (Å²) in [7, 11) is 0. The zero-order valence-corrected chi connectivity index (χ0v) is 22.4. The molecule has 1 N–H and O–H groups in total. The van der Waals surface area contributed by atoms with E-state index in [1.165, 1.54) is 24.2 Å². The number of aryl methyl sites for hydroxylation is 1. The molecule has 3 aromatic rings. The van der Waals surface area contributed by atoms with Crippen molar-refractivity contribution in [3.63, 3.8) is 0 Å². The minimum absolute atomic E-state index is 0. The summed E-state index contributed by atoms with van der Waals surface area (Å²) in [6.45, 7) is 9.04. The number of pyridine rings is 1. The van der Waals surface area contributed by atoms with Crippen LogP contribution >= 0.6 is 11.3 Å². The number of hydrogen-bond acceptors (Lipinski definition) is 9. The predicted molar refractivity (Wildman–Crippen MR) is 146 cm³/mol. The molecule has 6 rings (SSSR count). The number of morpholine rings is 1. The van der Waals surface area contributed by atoms with Gasteiger partial charge in [0.05, 0.1) is 48.3 Å². The molecule has 0 aromatic carbocycles. The normalized spacial score (nSPS) is 21.3. The number of aromatic nitrogens is 4. The third-order valence-corrected chi connectivity index (χ3v) is 7.77. The van der Waals surface area contributed by atoms with E-state index in [2.05, 4.69) is 37.1 Å². The smallest absolute Gasteiger partial charge is 0.280 e. The van der Waals surface area contributed by atoms with Gasteiger partial charge in [0.25, 0.3) is 5.91 Å². The van der Waals surface area contributed by atoms with Gasteiger partial charge in [-0.1, -0.05) is 19.8 Å². The van der Waals surface area contributed by atoms with Crippen molar-refractivity contribution >= 4 is 17.2 Å². The Kier molecular flexibility index (Phi) is 8.07. The molecule has 3 aliphatic rings. The first kappa shape index (κ1) is 25.7. The van der Waals surface area contributed by atoms with Crippen molar-refractivity contribution in [2.24, 2.45) is 5.92 Å². The first-order valence-corrected chi connectivity index (χ1v) is 13.8. The molecule has 5 heterocycles. The number of thiazole rings is 1. The highest BCUT2D eigenvalue weighted by atomic mass is 32.1. The number of fused-ring (bicyclic) bond motifs is 2. The van der Waals surface area contributed by atoms with Crippen LogP contribution in [0, 0.1) is 12.8 Å². The SMILES string of the molecule is CC1CC1.CCOc1cncc(-c2cnc(C(=O)N[C@H](CN3CC4CC3CO4)c3cc(C)ccn3)s2)n1.[HH].[HH]. The number of rotatable bonds is 8. The summed E-state index contributed by atoms with van der Waals surface area (Å²) in [5.74, 6) is 1.30. The Morgan fingerprint density at radius 2 is 2.16 bits per heavy atom. The van der Waals surface area contributed by atoms with Crippen LogP contribution in [0.2, 0.25) is 0 Å². The molecule has 0 radical (unpaired) electrons. The second-order valence-electron chi connectivity index (χ2n) is 9.97. The maximum atomic E-state index is 13.2. The second-order valence-corrected chi connectivity index (χ2v) is 11.0. The van der Waals surface area contributed by atoms with E-state index >= 15 is 0 Å². The summed E-state index contributed by atoms with van der Waals surface area (Å²) < 4.78 is 11.2. The van der Waals surface area contributed by atoms with E-state index in [9.17, 15) is 4.79 Å². The minimum atomic E-state index is -0.245. The highest BCUT2D eigenvalue weighted by Gasteiger charge is 2.40. The molecular weight excluding hydrogens is 488 g/mol. The van der Waals surface area contributed by atoms with Crippen molar-refractivity contribution in [2.45, 2.75) is 58.2 Å². The first-order valence-electron chi connectivity index (χ1n) is 13.0. The molecule has 200 valence electrons. The first-order chi connectivity index (χ1) is 18.0. The van der Waals surface area contributed by atoms with Gasteiger partial charge in [0.2, 0.25) is 5.88 Å². The van der Waals surface area contributed by atoms with Crippen LogP contribution in [0.25, 0.3) is 10.6 Å². The van der Waals surface area contributed by atoms with Crippen LogP contribution in [-0.2, 0) is 4.74 Å². The Hall–Kier alpha value is -2.95. The summed E-state index contributed by atoms with van der Waals surface area (Å²) >= 11 is 1.28. The number of nitrogens with zero attached hydrogens (tertiary/aromatic N) is 5. The minimum Gasteiger partial charge on any atom is -0.477 e. The highest BCUT2D eigenvalue weighted by Crippen LogP contribution is 2.30. The molecule has 3 aromatic heterocycles. The largest absolute Gasteiger partial charge is 0.477 e. The summed E-state index contributed by atoms with van der Waals surface area (Å²) in [6.07, 6.45) is 11.0. The third kappa shape index (κ3) is 6.68. The molecule has 37 heavy (non-hydrogen) atoms. The Labute approximate surface area is 224 Å². The van der Waals surface area contributed by atoms with Gasteiger partial charge >= 0.3 is 0 Å². The van der Waals surface area contributed by atoms with Gasteiger partial charge < -0.3 is 14.8 Å². The molecule has 2 aliphatic heterocycles. The standard InChI is InChI=1S/C23H26N6O3S.C4H8.2H2/c1-3-31-21-10-24-8-18(27-21)20-9-26-23(33-20)22(30)28-19(17-6-14(2)4-5-25-17)12-29-11-16-7-15(29)13-32-16;1-4-2-3-4;;/h4-6,8-10,15-16,19H,3,7,11-13H2,1-2H3,(H,28,30);4H,2-3H2,1H3;2*1H/t15?,16?,19-;;;/m1.../s1. The summed E-state index contributed by atoms with van der Waals surface area (Å²) in [6, 6.07) is 4.14. The molecule has 3 fully saturated rings. The average Bonchev–Trinajstić information content (AvgIpc) is 3.29. The number of carbonyl (C=O) groups excluding carboxylic acids is 1. The van der Waals surface area contributed by atoms with Crippen LogP contribution in [0.15, 0.2) is 36.9 Å². The van der Waals surface area contributed by atoms with Gasteiger partial charge in [-0.2, -0.15) is 0 Å². The Bertz CT molecular complexity index is 1230. The summed E-state index contributed by atoms with van der Waals surface area (Å²) in [5.41, 5.74) is 2.58. The van der Waals surface area contributed by atoms with Gasteiger partial charge in [0.15, 0.2) is 5.01 Å². The van der Waals surface area contributed by atoms with Crippen molar-refractivity contribution in [3.8, 4) is 16.5 Å². The Morgan fingerprint density at radius 1 is 1.32 bits per heavy atom. The summed E-state index contributed by atoms with van der Waals surface area (Å²) in [4.78, 5) is 33.8. The molecule has 0 spiro atoms. The number of carbonyl (C=O) groups is 1. The van der Waals surface area contributed by atoms with E-state index in [0.717, 1.165) is 41.6 Å². The lowest BCUT2D eigenvalue weighted by molar-refractivity contribution is 0.0265. The number of hydrogen-bond donors (Lipinski definition) is 1. The van der Waals surface area contributed by atoms with E-state index in [1.807, 2.05) is 26.0 Å². The fraction of sp³-hybridized carbons (Fsp3) is 0.519. The zero-order valence-electron chi connectivity index (χ0n) is 21.6. The molecule has 9 nitrogen and oxygen atoms in total. The van der Waals surface area contributed by atoms with E-state index in [0.29, 0.717) is 41.9 Å². The molecule has 10 heteroatoms. The van der Waals surface area contributed by atoms with Crippen LogP contribution in [0.4, 0.5) is 0 Å². The van der Waals surface area contributed by atoms with Gasteiger partial charge in [0.1, 0.15) is 5.69 Å². The van der Waals surface area contributed by atoms with Crippen LogP contribution in [-0.4, -0.2) is 69.2 Å². The maximum absolute atomic E-state index is 13.2. The fourth-order valence-electron chi connectivity index (χ4n) is 4.47. The zero-order chi connectivity index (χ0) is 25.8. The summed E-state index contributed by atoms with van der Waals surface area (Å²) in [5, 5.41) is 3.54. The fourth-order valence-corrected chi connectivity index (χ4v) is 5.24. The topological polar surface area (TPSA) is 102 Å². The second kappa shape index (κ2) is 11.6. The van der Waals surface area contributed by atoms with Crippen LogP contribution < -0.4 is 10.1 Å². The third-order valence-electron chi connectivity index (χ3n) is 6.75. The Balaban J connectivity index is 0.000000644. The van der Waals surface area contributed by atoms with Crippen LogP contribution in [0.3, 0.4) is 0 Å². The Morgan fingerprint density at radius 3 is 2.84 bits per heavy atom. The van der Waals surface area contributed by atoms with Crippen molar-refractivity contribution in [1.29, 1.82) is 0 Å². The highest BCUT2D eigenvalue weighted by molar-refractivity contribution is 7.16. The van der Waals surface area contributed by atoms with E-state index < -0.39 is 0 Å². The predicted octanol–water partition coefficient (Wildman–Crippen LogP) is 4.55. The van der Waals surface area contributed by atoms with Crippen LogP contribution in [0.5, 0.6) is 5.88 Å². The van der Waals surface area contributed by atoms with Gasteiger partial charge in [-0.25, -0.2) is 9.97 Å². The molecule has 1 aliphatic carbocycles. The number of likely N-dealkylation sites (tertiary alicyclic amines) is 1. The van der Waals surface area contributed by atoms with Gasteiger partial charge in [-0.15, -0.1) is 11.3 Å². The number of amides is 1. The maximum Gasteiger partial charge on any atom is 0.280 e. The quantitative estimate of drug-likeness (QED) is 0.456. The monoisotopic (exact) mass is 526 g/mol. The number of nitrogens with one attached hydrogen (secondary N) is 1. The molecule has 2 bridgehead atoms. The molecule has 2 saturated heterocycles. The van der Waals surface area contributed by atoms with Crippen LogP contribution in [0.1, 0.15) is 63.1 Å². The lowest BCUT2D eigenvalue weighted by Gasteiger charge is -2.30. The molecule has 1 amide bonds.